The number of alkyl carbamates (subject to hydrolysis) is 1. The Kier molecular flexibility index (Phi) is 12.7. The zero-order chi connectivity index (χ0) is 43.6. The number of nitrogens with one attached hydrogen (secondary N) is 3. The maximum atomic E-state index is 14.7. The second-order valence-electron chi connectivity index (χ2n) is 16.8. The average molecular weight is 844 g/mol. The summed E-state index contributed by atoms with van der Waals surface area (Å²) in [5.74, 6) is -2.14. The number of rotatable bonds is 16. The van der Waals surface area contributed by atoms with E-state index < -0.39 is 74.3 Å². The molecule has 1 aliphatic heterocycles. The summed E-state index contributed by atoms with van der Waals surface area (Å²) in [5.41, 5.74) is 0.232. The molecule has 16 heteroatoms. The summed E-state index contributed by atoms with van der Waals surface area (Å²) in [5, 5.41) is 5.36. The van der Waals surface area contributed by atoms with Gasteiger partial charge >= 0.3 is 6.09 Å². The molecule has 2 aliphatic carbocycles. The van der Waals surface area contributed by atoms with Crippen molar-refractivity contribution < 1.29 is 46.6 Å². The molecule has 2 aromatic carbocycles. The molecule has 60 heavy (non-hydrogen) atoms. The third-order valence-electron chi connectivity index (χ3n) is 10.6. The maximum absolute atomic E-state index is 14.7. The van der Waals surface area contributed by atoms with Crippen LogP contribution in [0.5, 0.6) is 11.5 Å². The van der Waals surface area contributed by atoms with Crippen LogP contribution in [0.2, 0.25) is 0 Å². The number of fused-ring (bicyclic) bond motifs is 1. The molecule has 2 saturated carbocycles. The van der Waals surface area contributed by atoms with E-state index in [-0.39, 0.29) is 38.0 Å². The van der Waals surface area contributed by atoms with Crippen LogP contribution >= 0.6 is 0 Å². The predicted octanol–water partition coefficient (Wildman–Crippen LogP) is 5.14. The lowest BCUT2D eigenvalue weighted by Crippen LogP contribution is -2.58. The van der Waals surface area contributed by atoms with Crippen molar-refractivity contribution in [3.05, 3.63) is 78.9 Å². The van der Waals surface area contributed by atoms with Gasteiger partial charge < -0.3 is 29.7 Å². The minimum atomic E-state index is -3.95. The third-order valence-corrected chi connectivity index (χ3v) is 12.4. The van der Waals surface area contributed by atoms with Crippen LogP contribution in [0.25, 0.3) is 22.2 Å². The van der Waals surface area contributed by atoms with Crippen molar-refractivity contribution >= 4 is 50.5 Å². The first kappa shape index (κ1) is 43.8. The Bertz CT molecular complexity index is 2320. The maximum Gasteiger partial charge on any atom is 0.408 e. The molecule has 1 saturated heterocycles. The van der Waals surface area contributed by atoms with Crippen LogP contribution in [-0.2, 0) is 33.9 Å². The van der Waals surface area contributed by atoms with Crippen molar-refractivity contribution in [3.63, 3.8) is 0 Å². The molecule has 320 valence electrons. The fraction of sp³-hybridized carbons (Fsp3) is 0.455. The number of allylic oxidation sites excluding steroid dienone is 2. The Morgan fingerprint density at radius 3 is 2.38 bits per heavy atom. The number of aromatic nitrogens is 1. The minimum absolute atomic E-state index is 0.0507. The number of ether oxygens (including phenoxy) is 3. The van der Waals surface area contributed by atoms with Gasteiger partial charge in [-0.25, -0.2) is 18.2 Å². The highest BCUT2D eigenvalue weighted by Crippen LogP contribution is 2.45. The van der Waals surface area contributed by atoms with E-state index >= 15 is 0 Å². The van der Waals surface area contributed by atoms with Crippen LogP contribution in [0, 0.1) is 5.92 Å². The molecule has 0 bridgehead atoms. The lowest BCUT2D eigenvalue weighted by molar-refractivity contribution is -0.141. The molecular weight excluding hydrogens is 791 g/mol. The van der Waals surface area contributed by atoms with Crippen LogP contribution in [0.4, 0.5) is 4.79 Å². The normalized spacial score (nSPS) is 21.6. The number of pyridine rings is 1. The van der Waals surface area contributed by atoms with E-state index in [9.17, 15) is 32.4 Å². The summed E-state index contributed by atoms with van der Waals surface area (Å²) >= 11 is 0. The van der Waals surface area contributed by atoms with Gasteiger partial charge in [-0.2, -0.15) is 0 Å². The number of carbonyl (C=O) groups excluding carboxylic acids is 5. The molecule has 15 nitrogen and oxygen atoms in total. The van der Waals surface area contributed by atoms with E-state index in [1.54, 1.807) is 66.0 Å². The number of methoxy groups -OCH3 is 1. The summed E-state index contributed by atoms with van der Waals surface area (Å²) in [6, 6.07) is 14.1. The van der Waals surface area contributed by atoms with Gasteiger partial charge in [-0.1, -0.05) is 42.0 Å². The van der Waals surface area contributed by atoms with Gasteiger partial charge in [-0.05, 0) is 78.5 Å². The van der Waals surface area contributed by atoms with Crippen LogP contribution < -0.4 is 24.8 Å². The number of carbonyl (C=O) groups is 5. The Morgan fingerprint density at radius 2 is 1.77 bits per heavy atom. The number of amides is 4. The summed E-state index contributed by atoms with van der Waals surface area (Å²) in [6.45, 7) is 12.2. The van der Waals surface area contributed by atoms with E-state index in [0.717, 1.165) is 11.1 Å². The highest BCUT2D eigenvalue weighted by molar-refractivity contribution is 7.91. The number of sulfonamides is 1. The quantitative estimate of drug-likeness (QED) is 0.128. The molecule has 0 unspecified atom stereocenters. The number of ketones is 1. The highest BCUT2D eigenvalue weighted by Gasteiger charge is 2.62. The lowest BCUT2D eigenvalue weighted by atomic mass is 10.1. The van der Waals surface area contributed by atoms with E-state index in [1.165, 1.54) is 17.1 Å². The van der Waals surface area contributed by atoms with Gasteiger partial charge in [0.1, 0.15) is 40.8 Å². The molecule has 3 N–H and O–H groups in total. The van der Waals surface area contributed by atoms with Gasteiger partial charge in [0.15, 0.2) is 5.78 Å². The number of benzene rings is 2. The molecule has 3 fully saturated rings. The van der Waals surface area contributed by atoms with E-state index in [2.05, 4.69) is 21.9 Å². The summed E-state index contributed by atoms with van der Waals surface area (Å²) < 4.78 is 45.4. The molecule has 0 spiro atoms. The standard InChI is InChI=1S/C44H53N5O10S/c1-8-28-24-44(28,41(53)48-60(55,56)32-16-17-32)47-39(51)37-22-31(25-49(37)40(52)34(19-14-29(50)20-26(2)3)46-42(54)59-43(4,5)6)58-38-23-35(27-12-10-9-11-13-27)45-36-21-30(57-7)15-18-33(36)38/h8-13,15,18,20-21,23,28,31-32,34,37H,1,14,16-17,19,22,24-25H2,2-7H3,(H,46,54)(H,47,51)(H,48,53)/t28-,31-,34+,37+,44-/m1/s1. The van der Waals surface area contributed by atoms with Gasteiger partial charge in [-0.15, -0.1) is 6.58 Å². The molecular formula is C44H53N5O10S. The fourth-order valence-corrected chi connectivity index (χ4v) is 8.68. The van der Waals surface area contributed by atoms with Crippen LogP contribution in [0.1, 0.15) is 73.1 Å². The first-order chi connectivity index (χ1) is 28.3. The van der Waals surface area contributed by atoms with E-state index in [0.29, 0.717) is 40.9 Å². The summed E-state index contributed by atoms with van der Waals surface area (Å²) in [4.78, 5) is 75.0. The first-order valence-corrected chi connectivity index (χ1v) is 21.6. The number of hydrogen-bond donors (Lipinski definition) is 3. The fourth-order valence-electron chi connectivity index (χ4n) is 7.32. The van der Waals surface area contributed by atoms with Gasteiger partial charge in [-0.3, -0.25) is 23.9 Å². The second kappa shape index (κ2) is 17.4. The first-order valence-electron chi connectivity index (χ1n) is 20.0. The van der Waals surface area contributed by atoms with Crippen LogP contribution in [-0.4, -0.2) is 96.1 Å². The third kappa shape index (κ3) is 10.3. The van der Waals surface area contributed by atoms with Crippen molar-refractivity contribution in [2.45, 2.75) is 108 Å². The monoisotopic (exact) mass is 843 g/mol. The molecule has 1 aromatic heterocycles. The summed E-state index contributed by atoms with van der Waals surface area (Å²) in [6.07, 6.45) is 1.92. The van der Waals surface area contributed by atoms with Gasteiger partial charge in [0.05, 0.1) is 30.1 Å². The van der Waals surface area contributed by atoms with Gasteiger partial charge in [0.25, 0.3) is 5.91 Å². The topological polar surface area (TPSA) is 199 Å². The molecule has 3 aromatic rings. The van der Waals surface area contributed by atoms with Gasteiger partial charge in [0.2, 0.25) is 21.8 Å². The molecule has 5 atom stereocenters. The van der Waals surface area contributed by atoms with Crippen LogP contribution in [0.3, 0.4) is 0 Å². The summed E-state index contributed by atoms with van der Waals surface area (Å²) in [7, 11) is -2.40. The van der Waals surface area contributed by atoms with Crippen molar-refractivity contribution in [2.24, 2.45) is 5.92 Å². The second-order valence-corrected chi connectivity index (χ2v) is 18.8. The van der Waals surface area contributed by atoms with Crippen molar-refractivity contribution in [1.82, 2.24) is 25.2 Å². The van der Waals surface area contributed by atoms with E-state index in [1.807, 2.05) is 30.3 Å². The Balaban J connectivity index is 1.35. The smallest absolute Gasteiger partial charge is 0.408 e. The van der Waals surface area contributed by atoms with Crippen LogP contribution in [0.15, 0.2) is 78.9 Å². The number of nitrogens with zero attached hydrogens (tertiary/aromatic N) is 2. The largest absolute Gasteiger partial charge is 0.497 e. The minimum Gasteiger partial charge on any atom is -0.497 e. The zero-order valence-corrected chi connectivity index (χ0v) is 35.6. The lowest BCUT2D eigenvalue weighted by Gasteiger charge is -2.30. The molecule has 0 radical (unpaired) electrons. The molecule has 3 aliphatic rings. The Labute approximate surface area is 350 Å². The van der Waals surface area contributed by atoms with Gasteiger partial charge in [0, 0.05) is 41.8 Å². The molecule has 4 amide bonds. The van der Waals surface area contributed by atoms with E-state index in [4.69, 9.17) is 19.2 Å². The number of likely N-dealkylation sites (tertiary alicyclic amines) is 1. The SMILES string of the molecule is C=C[C@@H]1C[C@]1(NC(=O)[C@@H]1C[C@@H](Oc2cc(-c3ccccc3)nc3cc(OC)ccc23)CN1C(=O)[C@H](CCC(=O)C=C(C)C)NC(=O)OC(C)(C)C)C(=O)NS(=O)(=O)C1CC1. The van der Waals surface area contributed by atoms with Crippen molar-refractivity contribution in [1.29, 1.82) is 0 Å². The predicted molar refractivity (Wildman–Crippen MR) is 224 cm³/mol. The molecule has 6 rings (SSSR count). The molecule has 2 heterocycles. The Hall–Kier alpha value is -5.77. The Morgan fingerprint density at radius 1 is 1.05 bits per heavy atom. The zero-order valence-electron chi connectivity index (χ0n) is 34.8. The van der Waals surface area contributed by atoms with Crippen molar-refractivity contribution in [3.8, 4) is 22.8 Å². The van der Waals surface area contributed by atoms with Crippen molar-refractivity contribution in [2.75, 3.05) is 13.7 Å². The highest BCUT2D eigenvalue weighted by atomic mass is 32.2. The number of hydrogen-bond acceptors (Lipinski definition) is 11. The average Bonchev–Trinajstić information content (AvgIpc) is 4.12.